The number of carbonyl (C=O) groups is 5. The smallest absolute Gasteiger partial charge is 0.347 e. The van der Waals surface area contributed by atoms with Crippen LogP contribution in [0.3, 0.4) is 0 Å². The molecule has 0 spiro atoms. The summed E-state index contributed by atoms with van der Waals surface area (Å²) in [6, 6.07) is 6.90. The van der Waals surface area contributed by atoms with Gasteiger partial charge in [0.1, 0.15) is 55.4 Å². The molecule has 3 aromatic rings. The van der Waals surface area contributed by atoms with Crippen LogP contribution in [-0.2, 0) is 32.1 Å². The number of benzene rings is 2. The van der Waals surface area contributed by atoms with Crippen LogP contribution in [0.5, 0.6) is 11.5 Å². The highest BCUT2D eigenvalue weighted by Crippen LogP contribution is 2.40. The molecular weight excluding hydrogens is 811 g/mol. The number of amides is 5. The maximum Gasteiger partial charge on any atom is 0.347 e. The number of nitriles is 1. The number of hydrogen-bond donors (Lipinski definition) is 7. The molecule has 4 rings (SSSR count). The molecular formula is C44H61N11O8. The van der Waals surface area contributed by atoms with Gasteiger partial charge in [0.25, 0.3) is 5.91 Å². The second kappa shape index (κ2) is 24.3. The Kier molecular flexibility index (Phi) is 19.0. The van der Waals surface area contributed by atoms with E-state index in [-0.39, 0.29) is 63.5 Å². The molecule has 10 N–H and O–H groups in total. The highest BCUT2D eigenvalue weighted by atomic mass is 16.5. The van der Waals surface area contributed by atoms with Crippen molar-refractivity contribution in [3.8, 4) is 28.7 Å². The van der Waals surface area contributed by atoms with Crippen molar-refractivity contribution in [2.24, 2.45) is 17.2 Å². The minimum Gasteiger partial charge on any atom is -0.492 e. The summed E-state index contributed by atoms with van der Waals surface area (Å²) in [5.74, 6) is -2.70. The van der Waals surface area contributed by atoms with Crippen LogP contribution in [0.25, 0.3) is 11.1 Å². The first kappa shape index (κ1) is 49.3. The third-order valence-corrected chi connectivity index (χ3v) is 10.5. The van der Waals surface area contributed by atoms with E-state index in [1.165, 1.54) is 31.7 Å². The number of rotatable bonds is 20. The SMILES string of the molecule is CCCCCCCn1cc(C(=O)N[C@@H](CCN)C(=O)N(C)[C@@H]2C(=O)N[C@@H](C)C(=O)N[C@H](C(=O)NCC#N)Cc3ccc(OCCN)c(c3)-c3cc2ccc3OCCN)c(C)nc1=O. The molecule has 19 nitrogen and oxygen atoms in total. The van der Waals surface area contributed by atoms with Gasteiger partial charge in [0.15, 0.2) is 0 Å². The predicted molar refractivity (Wildman–Crippen MR) is 235 cm³/mol. The summed E-state index contributed by atoms with van der Waals surface area (Å²) in [5.41, 5.74) is 19.2. The van der Waals surface area contributed by atoms with Crippen molar-refractivity contribution in [2.45, 2.75) is 96.4 Å². The van der Waals surface area contributed by atoms with E-state index in [1.54, 1.807) is 36.4 Å². The summed E-state index contributed by atoms with van der Waals surface area (Å²) in [5, 5.41) is 19.8. The Labute approximate surface area is 367 Å². The molecule has 0 fully saturated rings. The zero-order valence-electron chi connectivity index (χ0n) is 36.5. The number of aromatic nitrogens is 2. The molecule has 4 atom stereocenters. The summed E-state index contributed by atoms with van der Waals surface area (Å²) in [6.45, 7) is 5.77. The van der Waals surface area contributed by atoms with Crippen LogP contribution < -0.4 is 53.6 Å². The van der Waals surface area contributed by atoms with Crippen molar-refractivity contribution in [3.63, 3.8) is 0 Å². The van der Waals surface area contributed by atoms with Crippen molar-refractivity contribution >= 4 is 29.5 Å². The molecule has 63 heavy (non-hydrogen) atoms. The molecule has 0 unspecified atom stereocenters. The molecule has 1 aromatic heterocycles. The van der Waals surface area contributed by atoms with Gasteiger partial charge in [-0.15, -0.1) is 0 Å². The number of nitrogens with two attached hydrogens (primary N) is 3. The molecule has 0 saturated carbocycles. The Morgan fingerprint density at radius 2 is 1.62 bits per heavy atom. The van der Waals surface area contributed by atoms with Crippen molar-refractivity contribution in [2.75, 3.05) is 46.4 Å². The first-order chi connectivity index (χ1) is 30.3. The summed E-state index contributed by atoms with van der Waals surface area (Å²) in [7, 11) is 1.39. The van der Waals surface area contributed by atoms with Crippen molar-refractivity contribution < 1.29 is 33.4 Å². The zero-order chi connectivity index (χ0) is 46.1. The molecule has 1 aliphatic rings. The van der Waals surface area contributed by atoms with E-state index in [0.717, 1.165) is 37.0 Å². The Hall–Kier alpha value is -6.36. The fourth-order valence-corrected chi connectivity index (χ4v) is 7.21. The number of nitrogens with zero attached hydrogens (tertiary/aromatic N) is 4. The summed E-state index contributed by atoms with van der Waals surface area (Å²) >= 11 is 0. The van der Waals surface area contributed by atoms with Gasteiger partial charge in [-0.2, -0.15) is 10.2 Å². The van der Waals surface area contributed by atoms with E-state index < -0.39 is 59.4 Å². The van der Waals surface area contributed by atoms with Gasteiger partial charge < -0.3 is 52.8 Å². The molecule has 19 heteroatoms. The molecule has 5 amide bonds. The maximum absolute atomic E-state index is 14.6. The molecule has 340 valence electrons. The fraction of sp³-hybridized carbons (Fsp3) is 0.500. The molecule has 0 aliphatic carbocycles. The number of carbonyl (C=O) groups excluding carboxylic acids is 5. The van der Waals surface area contributed by atoms with Gasteiger partial charge >= 0.3 is 5.69 Å². The predicted octanol–water partition coefficient (Wildman–Crippen LogP) is 0.696. The number of ether oxygens (including phenoxy) is 2. The largest absolute Gasteiger partial charge is 0.492 e. The third kappa shape index (κ3) is 13.3. The number of aryl methyl sites for hydroxylation is 2. The van der Waals surface area contributed by atoms with Crippen molar-refractivity contribution in [1.29, 1.82) is 5.26 Å². The lowest BCUT2D eigenvalue weighted by atomic mass is 9.93. The van der Waals surface area contributed by atoms with Crippen LogP contribution in [0.4, 0.5) is 0 Å². The first-order valence-electron chi connectivity index (χ1n) is 21.3. The van der Waals surface area contributed by atoms with Gasteiger partial charge in [-0.25, -0.2) is 4.79 Å². The summed E-state index contributed by atoms with van der Waals surface area (Å²) in [4.78, 5) is 88.0. The van der Waals surface area contributed by atoms with E-state index in [0.29, 0.717) is 40.3 Å². The summed E-state index contributed by atoms with van der Waals surface area (Å²) < 4.78 is 13.5. The van der Waals surface area contributed by atoms with Crippen molar-refractivity contribution in [3.05, 3.63) is 75.5 Å². The number of unbranched alkanes of at least 4 members (excludes halogenated alkanes) is 4. The standard InChI is InChI=1S/C44H61N11O8/c1-5-6-7-8-9-20-55-26-33(27(2)51-44(55)61)40(57)52-34(14-15-45)43(60)54(4)38-30-11-13-37(63-22-18-48)32(25-30)31-23-29(10-12-36(31)62-21-17-47)24-35(41(58)49-19-16-46)53-39(56)28(3)50-42(38)59/h10-13,23,25-26,28,34-35,38H,5-9,14-15,17-22,24,45,47-48H2,1-4H3,(H,49,58)(H,50,59)(H,52,57)(H,53,56)/t28-,34-,35-,38-/m0/s1. The third-order valence-electron chi connectivity index (χ3n) is 10.5. The Morgan fingerprint density at radius 3 is 2.27 bits per heavy atom. The van der Waals surface area contributed by atoms with Crippen LogP contribution >= 0.6 is 0 Å². The van der Waals surface area contributed by atoms with Crippen LogP contribution in [0.15, 0.2) is 47.4 Å². The number of nitrogens with one attached hydrogen (secondary N) is 4. The quantitative estimate of drug-likeness (QED) is 0.0609. The lowest BCUT2D eigenvalue weighted by Gasteiger charge is -2.32. The van der Waals surface area contributed by atoms with Gasteiger partial charge in [-0.05, 0) is 68.6 Å². The Morgan fingerprint density at radius 1 is 0.952 bits per heavy atom. The minimum atomic E-state index is -1.42. The van der Waals surface area contributed by atoms with Crippen LogP contribution in [0, 0.1) is 18.3 Å². The van der Waals surface area contributed by atoms with Gasteiger partial charge in [-0.1, -0.05) is 44.7 Å². The fourth-order valence-electron chi connectivity index (χ4n) is 7.21. The minimum absolute atomic E-state index is 0.00367. The first-order valence-corrected chi connectivity index (χ1v) is 21.3. The molecule has 2 heterocycles. The van der Waals surface area contributed by atoms with E-state index in [9.17, 15) is 28.8 Å². The Bertz CT molecular complexity index is 2190. The highest BCUT2D eigenvalue weighted by Gasteiger charge is 2.36. The number of fused-ring (bicyclic) bond motifs is 5. The van der Waals surface area contributed by atoms with E-state index in [4.69, 9.17) is 31.9 Å². The number of hydrogen-bond acceptors (Lipinski definition) is 13. The zero-order valence-corrected chi connectivity index (χ0v) is 36.5. The van der Waals surface area contributed by atoms with Crippen LogP contribution in [0.2, 0.25) is 0 Å². The average molecular weight is 872 g/mol. The topological polar surface area (TPSA) is 292 Å². The second-order valence-electron chi connectivity index (χ2n) is 15.3. The van der Waals surface area contributed by atoms with Gasteiger partial charge in [0, 0.05) is 50.4 Å². The summed E-state index contributed by atoms with van der Waals surface area (Å²) in [6.07, 6.45) is 6.23. The molecule has 2 aromatic carbocycles. The van der Waals surface area contributed by atoms with Crippen LogP contribution in [-0.4, -0.2) is 109 Å². The van der Waals surface area contributed by atoms with Gasteiger partial charge in [0.2, 0.25) is 23.6 Å². The lowest BCUT2D eigenvalue weighted by molar-refractivity contribution is -0.141. The number of likely N-dealkylation sites (N-methyl/N-ethyl adjacent to an activating group) is 1. The Balaban J connectivity index is 1.82. The van der Waals surface area contributed by atoms with Gasteiger partial charge in [-0.3, -0.25) is 28.5 Å². The maximum atomic E-state index is 14.6. The van der Waals surface area contributed by atoms with E-state index in [1.807, 2.05) is 6.07 Å². The van der Waals surface area contributed by atoms with Crippen LogP contribution in [0.1, 0.15) is 85.6 Å². The van der Waals surface area contributed by atoms with Crippen molar-refractivity contribution in [1.82, 2.24) is 35.7 Å². The highest BCUT2D eigenvalue weighted by molar-refractivity contribution is 5.99. The monoisotopic (exact) mass is 871 g/mol. The molecule has 0 radical (unpaired) electrons. The molecule has 1 aliphatic heterocycles. The average Bonchev–Trinajstić information content (AvgIpc) is 3.26. The molecule has 0 saturated heterocycles. The van der Waals surface area contributed by atoms with E-state index in [2.05, 4.69) is 33.2 Å². The normalized spacial score (nSPS) is 16.6. The lowest BCUT2D eigenvalue weighted by Crippen LogP contribution is -2.56. The molecule has 4 bridgehead atoms. The van der Waals surface area contributed by atoms with Gasteiger partial charge in [0.05, 0.1) is 17.3 Å². The van der Waals surface area contributed by atoms with E-state index >= 15 is 0 Å². The second-order valence-corrected chi connectivity index (χ2v) is 15.3.